The Kier molecular flexibility index (Phi) is 5.03. The summed E-state index contributed by atoms with van der Waals surface area (Å²) in [5, 5.41) is 5.72. The lowest BCUT2D eigenvalue weighted by Crippen LogP contribution is -2.35. The van der Waals surface area contributed by atoms with E-state index in [0.29, 0.717) is 33.9 Å². The van der Waals surface area contributed by atoms with Gasteiger partial charge >= 0.3 is 6.09 Å². The molecule has 1 heterocycles. The van der Waals surface area contributed by atoms with Crippen molar-refractivity contribution in [1.29, 1.82) is 0 Å². The molecule has 0 spiro atoms. The van der Waals surface area contributed by atoms with E-state index in [1.807, 2.05) is 4.90 Å². The van der Waals surface area contributed by atoms with Gasteiger partial charge in [-0.3, -0.25) is 14.9 Å². The van der Waals surface area contributed by atoms with Crippen molar-refractivity contribution < 1.29 is 19.1 Å². The molecular weight excluding hydrogens is 370 g/mol. The molecule has 1 aliphatic carbocycles. The minimum absolute atomic E-state index is 0.131. The van der Waals surface area contributed by atoms with Gasteiger partial charge in [-0.15, -0.1) is 0 Å². The van der Waals surface area contributed by atoms with Gasteiger partial charge in [-0.05, 0) is 37.1 Å². The van der Waals surface area contributed by atoms with Gasteiger partial charge in [-0.25, -0.2) is 4.79 Å². The molecule has 0 bridgehead atoms. The van der Waals surface area contributed by atoms with Crippen LogP contribution >= 0.6 is 0 Å². The van der Waals surface area contributed by atoms with Crippen LogP contribution in [0.1, 0.15) is 33.6 Å². The average molecular weight is 391 g/mol. The van der Waals surface area contributed by atoms with Crippen LogP contribution in [-0.2, 0) is 4.74 Å². The van der Waals surface area contributed by atoms with Gasteiger partial charge in [-0.1, -0.05) is 24.3 Å². The highest BCUT2D eigenvalue weighted by molar-refractivity contribution is 6.27. The third-order valence-corrected chi connectivity index (χ3v) is 5.10. The van der Waals surface area contributed by atoms with Crippen molar-refractivity contribution in [3.63, 3.8) is 0 Å². The number of hydrogen-bond donors (Lipinski definition) is 2. The molecule has 0 radical (unpaired) electrons. The molecule has 29 heavy (non-hydrogen) atoms. The van der Waals surface area contributed by atoms with Crippen LogP contribution in [0.4, 0.5) is 16.2 Å². The van der Waals surface area contributed by atoms with Gasteiger partial charge in [0.15, 0.2) is 0 Å². The normalized spacial score (nSPS) is 16.0. The van der Waals surface area contributed by atoms with Crippen LogP contribution in [0.3, 0.4) is 0 Å². The zero-order valence-corrected chi connectivity index (χ0v) is 16.0. The van der Waals surface area contributed by atoms with Crippen LogP contribution < -0.4 is 10.6 Å². The maximum atomic E-state index is 13.2. The number of nitrogens with one attached hydrogen (secondary N) is 2. The number of hydrogen-bond acceptors (Lipinski definition) is 6. The highest BCUT2D eigenvalue weighted by Crippen LogP contribution is 2.31. The summed E-state index contributed by atoms with van der Waals surface area (Å²) in [5.74, 6) is -0.326. The maximum absolute atomic E-state index is 13.2. The van der Waals surface area contributed by atoms with E-state index in [0.717, 1.165) is 25.9 Å². The molecule has 1 amide bonds. The standard InChI is InChI=1S/C22H21N3O4/c1-29-22(28)24-15-10-8-14(9-11-15)23-18-19(25-12-4-5-13-25)21(27)17-7-3-2-6-16(17)20(18)26/h2-3,6-11,23H,4-5,12-13H2,1H3,(H,24,28). The van der Waals surface area contributed by atoms with Crippen molar-refractivity contribution in [2.45, 2.75) is 12.8 Å². The van der Waals surface area contributed by atoms with Crippen LogP contribution in [-0.4, -0.2) is 42.8 Å². The fourth-order valence-corrected chi connectivity index (χ4v) is 3.67. The second kappa shape index (κ2) is 7.79. The number of carbonyl (C=O) groups is 3. The van der Waals surface area contributed by atoms with Gasteiger partial charge in [0.05, 0.1) is 7.11 Å². The summed E-state index contributed by atoms with van der Waals surface area (Å²) >= 11 is 0. The number of likely N-dealkylation sites (tertiary alicyclic amines) is 1. The SMILES string of the molecule is COC(=O)Nc1ccc(NC2=C(N3CCCC3)C(=O)c3ccccc3C2=O)cc1. The Morgan fingerprint density at radius 1 is 0.897 bits per heavy atom. The topological polar surface area (TPSA) is 87.7 Å². The van der Waals surface area contributed by atoms with E-state index in [2.05, 4.69) is 15.4 Å². The van der Waals surface area contributed by atoms with Crippen molar-refractivity contribution in [2.75, 3.05) is 30.8 Å². The summed E-state index contributed by atoms with van der Waals surface area (Å²) in [5.41, 5.74) is 2.79. The molecule has 148 valence electrons. The number of anilines is 2. The molecule has 7 nitrogen and oxygen atoms in total. The molecule has 1 saturated heterocycles. The monoisotopic (exact) mass is 391 g/mol. The number of carbonyl (C=O) groups excluding carboxylic acids is 3. The molecule has 0 atom stereocenters. The highest BCUT2D eigenvalue weighted by Gasteiger charge is 2.36. The molecule has 0 unspecified atom stereocenters. The largest absolute Gasteiger partial charge is 0.453 e. The number of fused-ring (bicyclic) bond motifs is 1. The number of ether oxygens (including phenoxy) is 1. The van der Waals surface area contributed by atoms with Gasteiger partial charge < -0.3 is 15.0 Å². The second-order valence-corrected chi connectivity index (χ2v) is 6.94. The zero-order chi connectivity index (χ0) is 20.4. The van der Waals surface area contributed by atoms with Gasteiger partial charge in [-0.2, -0.15) is 0 Å². The summed E-state index contributed by atoms with van der Waals surface area (Å²) < 4.78 is 4.58. The molecule has 0 aromatic heterocycles. The highest BCUT2D eigenvalue weighted by atomic mass is 16.5. The Morgan fingerprint density at radius 3 is 2.10 bits per heavy atom. The number of allylic oxidation sites excluding steroid dienone is 2. The predicted octanol–water partition coefficient (Wildman–Crippen LogP) is 3.66. The van der Waals surface area contributed by atoms with E-state index in [1.54, 1.807) is 48.5 Å². The van der Waals surface area contributed by atoms with E-state index < -0.39 is 6.09 Å². The summed E-state index contributed by atoms with van der Waals surface area (Å²) in [6, 6.07) is 13.8. The molecule has 4 rings (SSSR count). The minimum Gasteiger partial charge on any atom is -0.453 e. The first kappa shape index (κ1) is 18.7. The Hall–Kier alpha value is -3.61. The molecule has 1 aliphatic heterocycles. The van der Waals surface area contributed by atoms with Gasteiger partial charge in [0.1, 0.15) is 11.4 Å². The molecule has 2 aliphatic rings. The van der Waals surface area contributed by atoms with Crippen LogP contribution in [0.2, 0.25) is 0 Å². The number of amides is 1. The quantitative estimate of drug-likeness (QED) is 0.827. The van der Waals surface area contributed by atoms with E-state index >= 15 is 0 Å². The number of benzene rings is 2. The Balaban J connectivity index is 1.68. The lowest BCUT2D eigenvalue weighted by molar-refractivity contribution is 0.0948. The van der Waals surface area contributed by atoms with E-state index in [4.69, 9.17) is 0 Å². The summed E-state index contributed by atoms with van der Waals surface area (Å²) in [6.07, 6.45) is 1.43. The number of rotatable bonds is 4. The second-order valence-electron chi connectivity index (χ2n) is 6.94. The molecule has 2 aromatic carbocycles. The van der Waals surface area contributed by atoms with Gasteiger partial charge in [0.2, 0.25) is 11.6 Å². The number of nitrogens with zero attached hydrogens (tertiary/aromatic N) is 1. The summed E-state index contributed by atoms with van der Waals surface area (Å²) in [4.78, 5) is 39.7. The smallest absolute Gasteiger partial charge is 0.411 e. The Morgan fingerprint density at radius 2 is 1.48 bits per heavy atom. The molecule has 2 N–H and O–H groups in total. The molecule has 7 heteroatoms. The van der Waals surface area contributed by atoms with Crippen LogP contribution in [0, 0.1) is 0 Å². The first-order chi connectivity index (χ1) is 14.1. The van der Waals surface area contributed by atoms with Crippen molar-refractivity contribution in [1.82, 2.24) is 4.90 Å². The third-order valence-electron chi connectivity index (χ3n) is 5.10. The van der Waals surface area contributed by atoms with E-state index in [1.165, 1.54) is 7.11 Å². The lowest BCUT2D eigenvalue weighted by atomic mass is 9.89. The van der Waals surface area contributed by atoms with E-state index in [9.17, 15) is 14.4 Å². The summed E-state index contributed by atoms with van der Waals surface area (Å²) in [6.45, 7) is 1.51. The fraction of sp³-hybridized carbons (Fsp3) is 0.227. The third kappa shape index (κ3) is 3.59. The van der Waals surface area contributed by atoms with Gasteiger partial charge in [0.25, 0.3) is 0 Å². The van der Waals surface area contributed by atoms with Crippen molar-refractivity contribution in [3.05, 3.63) is 71.1 Å². The van der Waals surface area contributed by atoms with Crippen molar-refractivity contribution in [2.24, 2.45) is 0 Å². The average Bonchev–Trinajstić information content (AvgIpc) is 3.27. The number of Topliss-reactive ketones (excluding diaryl/α,β-unsaturated/α-hetero) is 2. The van der Waals surface area contributed by atoms with E-state index in [-0.39, 0.29) is 11.6 Å². The lowest BCUT2D eigenvalue weighted by Gasteiger charge is -2.28. The predicted molar refractivity (Wildman–Crippen MR) is 109 cm³/mol. The van der Waals surface area contributed by atoms with Crippen LogP contribution in [0.5, 0.6) is 0 Å². The first-order valence-corrected chi connectivity index (χ1v) is 9.48. The molecule has 1 fully saturated rings. The summed E-state index contributed by atoms with van der Waals surface area (Å²) in [7, 11) is 1.29. The van der Waals surface area contributed by atoms with Crippen LogP contribution in [0.25, 0.3) is 0 Å². The Bertz CT molecular complexity index is 1000. The first-order valence-electron chi connectivity index (χ1n) is 9.48. The van der Waals surface area contributed by atoms with Gasteiger partial charge in [0, 0.05) is 35.6 Å². The van der Waals surface area contributed by atoms with Crippen molar-refractivity contribution >= 4 is 29.0 Å². The van der Waals surface area contributed by atoms with Crippen molar-refractivity contribution in [3.8, 4) is 0 Å². The number of ketones is 2. The Labute approximate surface area is 168 Å². The molecular formula is C22H21N3O4. The van der Waals surface area contributed by atoms with Crippen LogP contribution in [0.15, 0.2) is 59.9 Å². The maximum Gasteiger partial charge on any atom is 0.411 e. The number of methoxy groups -OCH3 is 1. The molecule has 0 saturated carbocycles. The fourth-order valence-electron chi connectivity index (χ4n) is 3.67. The minimum atomic E-state index is -0.561. The molecule has 2 aromatic rings. The zero-order valence-electron chi connectivity index (χ0n) is 16.0.